The van der Waals surface area contributed by atoms with Gasteiger partial charge >= 0.3 is 0 Å². The largest absolute Gasteiger partial charge is 0.312 e. The van der Waals surface area contributed by atoms with E-state index in [1.54, 1.807) is 6.33 Å². The summed E-state index contributed by atoms with van der Waals surface area (Å²) in [5, 5.41) is 8.06. The lowest BCUT2D eigenvalue weighted by Gasteiger charge is -2.39. The zero-order valence-corrected chi connectivity index (χ0v) is 12.6. The summed E-state index contributed by atoms with van der Waals surface area (Å²) < 4.78 is 41.8. The van der Waals surface area contributed by atoms with Gasteiger partial charge in [-0.15, -0.1) is 10.2 Å². The molecule has 0 amide bonds. The molecule has 2 fully saturated rings. The lowest BCUT2D eigenvalue weighted by molar-refractivity contribution is 0.200. The van der Waals surface area contributed by atoms with Crippen molar-refractivity contribution in [1.29, 1.82) is 0 Å². The minimum Gasteiger partial charge on any atom is -0.312 e. The molecule has 0 unspecified atom stereocenters. The van der Waals surface area contributed by atoms with Gasteiger partial charge in [0.1, 0.15) is 22.9 Å². The number of hydrogen-bond donors (Lipinski definition) is 0. The number of aromatic nitrogens is 3. The van der Waals surface area contributed by atoms with Crippen molar-refractivity contribution in [2.45, 2.75) is 29.7 Å². The van der Waals surface area contributed by atoms with Crippen LogP contribution in [0.15, 0.2) is 35.5 Å². The molecule has 0 radical (unpaired) electrons. The molecule has 8 heteroatoms. The summed E-state index contributed by atoms with van der Waals surface area (Å²) in [5.74, 6) is 0.682. The summed E-state index contributed by atoms with van der Waals surface area (Å²) in [6.45, 7) is 0.656. The zero-order valence-electron chi connectivity index (χ0n) is 11.8. The smallest absolute Gasteiger partial charge is 0.246 e. The Morgan fingerprint density at radius 3 is 2.59 bits per heavy atom. The molecule has 1 aromatic heterocycles. The van der Waals surface area contributed by atoms with Crippen LogP contribution in [0.1, 0.15) is 30.6 Å². The van der Waals surface area contributed by atoms with Crippen molar-refractivity contribution in [2.75, 3.05) is 13.1 Å². The van der Waals surface area contributed by atoms with Gasteiger partial charge in [0.15, 0.2) is 0 Å². The Bertz CT molecular complexity index is 810. The SMILES string of the molecule is O=S(=O)(c1ccccc1F)N1CC(n2cnnc2C2CC2)C1. The van der Waals surface area contributed by atoms with Gasteiger partial charge in [-0.1, -0.05) is 12.1 Å². The minimum atomic E-state index is -3.77. The molecule has 4 rings (SSSR count). The van der Waals surface area contributed by atoms with Crippen molar-refractivity contribution in [3.63, 3.8) is 0 Å². The van der Waals surface area contributed by atoms with Crippen molar-refractivity contribution in [1.82, 2.24) is 19.1 Å². The molecule has 0 N–H and O–H groups in total. The number of hydrogen-bond acceptors (Lipinski definition) is 4. The highest BCUT2D eigenvalue weighted by atomic mass is 32.2. The number of halogens is 1. The normalized spacial score (nSPS) is 20.0. The molecule has 2 aromatic rings. The van der Waals surface area contributed by atoms with E-state index in [1.165, 1.54) is 22.5 Å². The van der Waals surface area contributed by atoms with Crippen LogP contribution in [0.4, 0.5) is 4.39 Å². The molecule has 116 valence electrons. The third-order valence-electron chi connectivity index (χ3n) is 4.22. The maximum atomic E-state index is 13.7. The highest BCUT2D eigenvalue weighted by molar-refractivity contribution is 7.89. The molecule has 1 saturated carbocycles. The van der Waals surface area contributed by atoms with Gasteiger partial charge in [-0.3, -0.25) is 0 Å². The van der Waals surface area contributed by atoms with Gasteiger partial charge < -0.3 is 4.57 Å². The van der Waals surface area contributed by atoms with Gasteiger partial charge in [0.2, 0.25) is 10.0 Å². The van der Waals surface area contributed by atoms with Crippen LogP contribution in [0.5, 0.6) is 0 Å². The van der Waals surface area contributed by atoms with E-state index in [0.29, 0.717) is 19.0 Å². The molecule has 0 spiro atoms. The van der Waals surface area contributed by atoms with E-state index in [4.69, 9.17) is 0 Å². The maximum Gasteiger partial charge on any atom is 0.246 e. The molecule has 6 nitrogen and oxygen atoms in total. The first-order chi connectivity index (χ1) is 10.6. The number of benzene rings is 1. The summed E-state index contributed by atoms with van der Waals surface area (Å²) in [7, 11) is -3.77. The molecule has 2 heterocycles. The fourth-order valence-electron chi connectivity index (χ4n) is 2.75. The molecule has 2 aliphatic rings. The van der Waals surface area contributed by atoms with Crippen molar-refractivity contribution in [2.24, 2.45) is 0 Å². The van der Waals surface area contributed by atoms with Gasteiger partial charge in [0.25, 0.3) is 0 Å². The first kappa shape index (κ1) is 13.8. The standard InChI is InChI=1S/C14H15FN4O2S/c15-12-3-1-2-4-13(12)22(20,21)18-7-11(8-18)19-9-16-17-14(19)10-5-6-10/h1-4,9-11H,5-8H2. The molecule has 0 bridgehead atoms. The van der Waals surface area contributed by atoms with Gasteiger partial charge in [0, 0.05) is 19.0 Å². The Morgan fingerprint density at radius 2 is 1.91 bits per heavy atom. The second-order valence-corrected chi connectivity index (χ2v) is 7.68. The summed E-state index contributed by atoms with van der Waals surface area (Å²) in [4.78, 5) is -0.264. The third-order valence-corrected chi connectivity index (χ3v) is 6.08. The van der Waals surface area contributed by atoms with E-state index in [9.17, 15) is 12.8 Å². The maximum absolute atomic E-state index is 13.7. The number of nitrogens with zero attached hydrogens (tertiary/aromatic N) is 4. The quantitative estimate of drug-likeness (QED) is 0.856. The number of rotatable bonds is 4. The second-order valence-electron chi connectivity index (χ2n) is 5.78. The van der Waals surface area contributed by atoms with Crippen molar-refractivity contribution >= 4 is 10.0 Å². The summed E-state index contributed by atoms with van der Waals surface area (Å²) in [6, 6.07) is 5.50. The molecule has 0 atom stereocenters. The van der Waals surface area contributed by atoms with E-state index in [1.807, 2.05) is 4.57 Å². The zero-order chi connectivity index (χ0) is 15.3. The molecular formula is C14H15FN4O2S. The van der Waals surface area contributed by atoms with Gasteiger partial charge in [-0.05, 0) is 25.0 Å². The Kier molecular flexibility index (Phi) is 3.05. The van der Waals surface area contributed by atoms with Crippen LogP contribution in [0.2, 0.25) is 0 Å². The molecule has 1 aliphatic carbocycles. The highest BCUT2D eigenvalue weighted by Gasteiger charge is 2.41. The summed E-state index contributed by atoms with van der Waals surface area (Å²) in [6.07, 6.45) is 3.89. The molecule has 22 heavy (non-hydrogen) atoms. The lowest BCUT2D eigenvalue weighted by atomic mass is 10.1. The molecule has 1 saturated heterocycles. The molecule has 1 aromatic carbocycles. The van der Waals surface area contributed by atoms with Crippen molar-refractivity contribution in [3.8, 4) is 0 Å². The van der Waals surface area contributed by atoms with E-state index in [0.717, 1.165) is 24.7 Å². The predicted octanol–water partition coefficient (Wildman–Crippen LogP) is 1.54. The topological polar surface area (TPSA) is 68.1 Å². The van der Waals surface area contributed by atoms with Gasteiger partial charge in [-0.2, -0.15) is 4.31 Å². The number of sulfonamides is 1. The van der Waals surface area contributed by atoms with E-state index < -0.39 is 15.8 Å². The average Bonchev–Trinajstić information content (AvgIpc) is 3.17. The van der Waals surface area contributed by atoms with Crippen LogP contribution in [0.25, 0.3) is 0 Å². The predicted molar refractivity (Wildman–Crippen MR) is 76.2 cm³/mol. The fourth-order valence-corrected chi connectivity index (χ4v) is 4.33. The van der Waals surface area contributed by atoms with Crippen LogP contribution in [0.3, 0.4) is 0 Å². The monoisotopic (exact) mass is 322 g/mol. The molecule has 1 aliphatic heterocycles. The summed E-state index contributed by atoms with van der Waals surface area (Å²) >= 11 is 0. The average molecular weight is 322 g/mol. The third kappa shape index (κ3) is 2.14. The van der Waals surface area contributed by atoms with Gasteiger partial charge in [-0.25, -0.2) is 12.8 Å². The minimum absolute atomic E-state index is 0.0344. The Balaban J connectivity index is 1.53. The van der Waals surface area contributed by atoms with E-state index >= 15 is 0 Å². The van der Waals surface area contributed by atoms with Crippen molar-refractivity contribution in [3.05, 3.63) is 42.2 Å². The van der Waals surface area contributed by atoms with Crippen LogP contribution >= 0.6 is 0 Å². The van der Waals surface area contributed by atoms with Gasteiger partial charge in [0.05, 0.1) is 6.04 Å². The first-order valence-electron chi connectivity index (χ1n) is 7.21. The Morgan fingerprint density at radius 1 is 1.18 bits per heavy atom. The van der Waals surface area contributed by atoms with Crippen LogP contribution in [0, 0.1) is 5.82 Å². The van der Waals surface area contributed by atoms with E-state index in [2.05, 4.69) is 10.2 Å². The lowest BCUT2D eigenvalue weighted by Crippen LogP contribution is -2.50. The second kappa shape index (κ2) is 4.85. The first-order valence-corrected chi connectivity index (χ1v) is 8.65. The highest BCUT2D eigenvalue weighted by Crippen LogP contribution is 2.40. The Labute approximate surface area is 127 Å². The summed E-state index contributed by atoms with van der Waals surface area (Å²) in [5.41, 5.74) is 0. The Hall–Kier alpha value is -1.80. The fraction of sp³-hybridized carbons (Fsp3) is 0.429. The van der Waals surface area contributed by atoms with Crippen molar-refractivity contribution < 1.29 is 12.8 Å². The molecular weight excluding hydrogens is 307 g/mol. The van der Waals surface area contributed by atoms with Crippen LogP contribution in [-0.4, -0.2) is 40.6 Å². The van der Waals surface area contributed by atoms with E-state index in [-0.39, 0.29) is 10.9 Å². The van der Waals surface area contributed by atoms with Crippen LogP contribution < -0.4 is 0 Å². The van der Waals surface area contributed by atoms with Crippen LogP contribution in [-0.2, 0) is 10.0 Å².